The number of ether oxygens (including phenoxy) is 8. The van der Waals surface area contributed by atoms with Crippen LogP contribution in [0.1, 0.15) is 19.8 Å². The van der Waals surface area contributed by atoms with Crippen LogP contribution in [0.5, 0.6) is 0 Å². The second kappa shape index (κ2) is 10.5. The van der Waals surface area contributed by atoms with Crippen LogP contribution >= 0.6 is 0 Å². The average Bonchev–Trinajstić information content (AvgIpc) is 2.60. The number of unbranched alkanes of at least 4 members (excludes halogenated alkanes) is 1. The van der Waals surface area contributed by atoms with Gasteiger partial charge in [-0.3, -0.25) is 0 Å². The molecule has 0 saturated carbocycles. The van der Waals surface area contributed by atoms with E-state index in [9.17, 15) is 0 Å². The Morgan fingerprint density at radius 3 is 1.52 bits per heavy atom. The van der Waals surface area contributed by atoms with Gasteiger partial charge in [-0.15, -0.1) is 0 Å². The van der Waals surface area contributed by atoms with E-state index in [-0.39, 0.29) is 6.61 Å². The molecule has 0 saturated heterocycles. The average molecular weight is 340 g/mol. The third kappa shape index (κ3) is 4.02. The van der Waals surface area contributed by atoms with Gasteiger partial charge in [0.25, 0.3) is 5.79 Å². The van der Waals surface area contributed by atoms with Gasteiger partial charge in [-0.05, 0) is 6.42 Å². The Labute approximate surface area is 139 Å². The number of hydrogen-bond donors (Lipinski definition) is 0. The monoisotopic (exact) mass is 340 g/mol. The maximum atomic E-state index is 5.86. The van der Waals surface area contributed by atoms with Crippen molar-refractivity contribution in [2.24, 2.45) is 0 Å². The summed E-state index contributed by atoms with van der Waals surface area (Å²) in [5.74, 6) is -4.98. The molecule has 8 nitrogen and oxygen atoms in total. The van der Waals surface area contributed by atoms with E-state index in [0.717, 1.165) is 12.8 Å². The molecule has 0 atom stereocenters. The number of hydrogen-bond acceptors (Lipinski definition) is 8. The van der Waals surface area contributed by atoms with Crippen LogP contribution in [0.2, 0.25) is 0 Å². The fourth-order valence-corrected chi connectivity index (χ4v) is 2.55. The zero-order valence-corrected chi connectivity index (χ0v) is 15.6. The summed E-state index contributed by atoms with van der Waals surface area (Å²) in [5, 5.41) is 0. The van der Waals surface area contributed by atoms with Crippen LogP contribution in [0, 0.1) is 0 Å². The molecular formula is C15H32O8. The lowest BCUT2D eigenvalue weighted by molar-refractivity contribution is -0.538. The van der Waals surface area contributed by atoms with Crippen LogP contribution in [0.4, 0.5) is 0 Å². The molecule has 140 valence electrons. The molecule has 0 rings (SSSR count). The standard InChI is InChI=1S/C15H32O8/c1-9-10-11-23-15(21-7,22-8)14(19-5,20-6)13(17-3,18-4)12-16-2/h9-12H2,1-8H3. The van der Waals surface area contributed by atoms with Crippen LogP contribution in [0.25, 0.3) is 0 Å². The van der Waals surface area contributed by atoms with Crippen molar-refractivity contribution in [2.45, 2.75) is 37.3 Å². The van der Waals surface area contributed by atoms with E-state index in [2.05, 4.69) is 0 Å². The molecule has 0 bridgehead atoms. The predicted octanol–water partition coefficient (Wildman–Crippen LogP) is 1.37. The van der Waals surface area contributed by atoms with E-state index in [0.29, 0.717) is 6.61 Å². The zero-order chi connectivity index (χ0) is 18.0. The first-order chi connectivity index (χ1) is 11.0. The van der Waals surface area contributed by atoms with Crippen molar-refractivity contribution in [3.05, 3.63) is 0 Å². The molecule has 0 heterocycles. The Morgan fingerprint density at radius 2 is 1.22 bits per heavy atom. The summed E-state index contributed by atoms with van der Waals surface area (Å²) in [6.07, 6.45) is 1.74. The second-order valence-corrected chi connectivity index (χ2v) is 4.79. The summed E-state index contributed by atoms with van der Waals surface area (Å²) in [7, 11) is 10.1. The maximum Gasteiger partial charge on any atom is 0.346 e. The van der Waals surface area contributed by atoms with E-state index in [4.69, 9.17) is 37.9 Å². The highest BCUT2D eigenvalue weighted by molar-refractivity contribution is 4.97. The number of methoxy groups -OCH3 is 7. The maximum absolute atomic E-state index is 5.86. The van der Waals surface area contributed by atoms with Gasteiger partial charge >= 0.3 is 11.8 Å². The molecule has 0 amide bonds. The Morgan fingerprint density at radius 1 is 0.696 bits per heavy atom. The Bertz CT molecular complexity index is 298. The molecule has 0 aromatic carbocycles. The predicted molar refractivity (Wildman–Crippen MR) is 83.0 cm³/mol. The zero-order valence-electron chi connectivity index (χ0n) is 15.6. The molecule has 8 heteroatoms. The normalized spacial score (nSPS) is 13.6. The van der Waals surface area contributed by atoms with Crippen molar-refractivity contribution in [3.8, 4) is 0 Å². The molecule has 0 unspecified atom stereocenters. The van der Waals surface area contributed by atoms with Gasteiger partial charge in [0.2, 0.25) is 0 Å². The lowest BCUT2D eigenvalue weighted by atomic mass is 10.0. The fraction of sp³-hybridized carbons (Fsp3) is 1.00. The minimum atomic E-state index is -1.74. The minimum Gasteiger partial charge on any atom is -0.379 e. The van der Waals surface area contributed by atoms with Crippen LogP contribution in [0.15, 0.2) is 0 Å². The van der Waals surface area contributed by atoms with E-state index in [1.165, 1.54) is 49.8 Å². The highest BCUT2D eigenvalue weighted by Crippen LogP contribution is 2.43. The van der Waals surface area contributed by atoms with Gasteiger partial charge in [0, 0.05) is 49.8 Å². The summed E-state index contributed by atoms with van der Waals surface area (Å²) in [6.45, 7) is 2.39. The number of rotatable bonds is 14. The molecule has 0 N–H and O–H groups in total. The van der Waals surface area contributed by atoms with E-state index >= 15 is 0 Å². The summed E-state index contributed by atoms with van der Waals surface area (Å²) in [5.41, 5.74) is 0. The van der Waals surface area contributed by atoms with Gasteiger partial charge in [0.15, 0.2) is 0 Å². The topological polar surface area (TPSA) is 73.8 Å². The molecule has 0 aliphatic heterocycles. The third-order valence-electron chi connectivity index (χ3n) is 3.80. The first-order valence-electron chi connectivity index (χ1n) is 7.42. The molecule has 0 aromatic heterocycles. The summed E-state index contributed by atoms with van der Waals surface area (Å²) < 4.78 is 44.5. The summed E-state index contributed by atoms with van der Waals surface area (Å²) >= 11 is 0. The minimum absolute atomic E-state index is 0.0205. The van der Waals surface area contributed by atoms with Crippen LogP contribution in [-0.4, -0.2) is 80.5 Å². The van der Waals surface area contributed by atoms with Gasteiger partial charge in [0.1, 0.15) is 6.61 Å². The summed E-state index contributed by atoms with van der Waals surface area (Å²) in [4.78, 5) is 0. The van der Waals surface area contributed by atoms with Gasteiger partial charge in [-0.25, -0.2) is 0 Å². The Balaban J connectivity index is 6.08. The fourth-order valence-electron chi connectivity index (χ4n) is 2.55. The SMILES string of the molecule is CCCCOC(OC)(OC)C(OC)(OC)C(COC)(OC)OC. The molecule has 0 aliphatic rings. The summed E-state index contributed by atoms with van der Waals surface area (Å²) in [6, 6.07) is 0. The highest BCUT2D eigenvalue weighted by Gasteiger charge is 2.71. The second-order valence-electron chi connectivity index (χ2n) is 4.79. The lowest BCUT2D eigenvalue weighted by Crippen LogP contribution is -2.74. The van der Waals surface area contributed by atoms with Crippen LogP contribution in [-0.2, 0) is 37.9 Å². The molecule has 0 aromatic rings. The van der Waals surface area contributed by atoms with Crippen molar-refractivity contribution in [2.75, 3.05) is 63.0 Å². The van der Waals surface area contributed by atoms with Crippen molar-refractivity contribution in [1.29, 1.82) is 0 Å². The van der Waals surface area contributed by atoms with Crippen molar-refractivity contribution in [3.63, 3.8) is 0 Å². The van der Waals surface area contributed by atoms with Crippen LogP contribution in [0.3, 0.4) is 0 Å². The smallest absolute Gasteiger partial charge is 0.346 e. The molecule has 0 spiro atoms. The largest absolute Gasteiger partial charge is 0.379 e. The molecule has 0 radical (unpaired) electrons. The van der Waals surface area contributed by atoms with E-state index in [1.54, 1.807) is 0 Å². The van der Waals surface area contributed by atoms with Gasteiger partial charge in [-0.1, -0.05) is 13.3 Å². The Kier molecular flexibility index (Phi) is 10.4. The van der Waals surface area contributed by atoms with Crippen molar-refractivity contribution in [1.82, 2.24) is 0 Å². The van der Waals surface area contributed by atoms with E-state index < -0.39 is 17.5 Å². The van der Waals surface area contributed by atoms with Gasteiger partial charge < -0.3 is 37.9 Å². The Hall–Kier alpha value is -0.320. The van der Waals surface area contributed by atoms with Gasteiger partial charge in [0.05, 0.1) is 6.61 Å². The molecule has 0 fully saturated rings. The van der Waals surface area contributed by atoms with E-state index in [1.807, 2.05) is 6.92 Å². The van der Waals surface area contributed by atoms with Crippen molar-refractivity contribution < 1.29 is 37.9 Å². The quantitative estimate of drug-likeness (QED) is 0.347. The van der Waals surface area contributed by atoms with Crippen LogP contribution < -0.4 is 0 Å². The third-order valence-corrected chi connectivity index (χ3v) is 3.80. The lowest BCUT2D eigenvalue weighted by Gasteiger charge is -2.52. The molecule has 23 heavy (non-hydrogen) atoms. The molecular weight excluding hydrogens is 308 g/mol. The van der Waals surface area contributed by atoms with Crippen molar-refractivity contribution >= 4 is 0 Å². The highest BCUT2D eigenvalue weighted by atomic mass is 16.9. The first kappa shape index (κ1) is 22.7. The molecule has 0 aliphatic carbocycles. The van der Waals surface area contributed by atoms with Gasteiger partial charge in [-0.2, -0.15) is 0 Å². The first-order valence-corrected chi connectivity index (χ1v) is 7.42.